The van der Waals surface area contributed by atoms with E-state index in [-0.39, 0.29) is 0 Å². The molecule has 1 nitrogen and oxygen atoms in total. The monoisotopic (exact) mass is 154 g/mol. The van der Waals surface area contributed by atoms with Gasteiger partial charge in [0.15, 0.2) is 0 Å². The summed E-state index contributed by atoms with van der Waals surface area (Å²) in [5.41, 5.74) is 0. The maximum absolute atomic E-state index is 5.22. The van der Waals surface area contributed by atoms with E-state index in [1.807, 2.05) is 0 Å². The summed E-state index contributed by atoms with van der Waals surface area (Å²) >= 11 is 0. The van der Waals surface area contributed by atoms with Crippen LogP contribution in [0, 0.1) is 13.3 Å². The van der Waals surface area contributed by atoms with Gasteiger partial charge >= 0.3 is 0 Å². The molecule has 0 aromatic carbocycles. The molecule has 1 heterocycles. The van der Waals surface area contributed by atoms with Crippen LogP contribution in [0.2, 0.25) is 0 Å². The molecule has 0 spiro atoms. The highest BCUT2D eigenvalue weighted by Crippen LogP contribution is 2.35. The first kappa shape index (κ1) is 9.05. The fourth-order valence-corrected chi connectivity index (χ4v) is 1.20. The van der Waals surface area contributed by atoms with Crippen LogP contribution in [-0.2, 0) is 4.74 Å². The molecule has 1 aliphatic heterocycles. The third kappa shape index (κ3) is 3.24. The largest absolute Gasteiger partial charge is 0.369 e. The van der Waals surface area contributed by atoms with Crippen molar-refractivity contribution in [1.29, 1.82) is 0 Å². The predicted molar refractivity (Wildman–Crippen MR) is 47.1 cm³/mol. The highest BCUT2D eigenvalue weighted by Gasteiger charge is 2.40. The van der Waals surface area contributed by atoms with Gasteiger partial charge in [-0.05, 0) is 19.3 Å². The van der Waals surface area contributed by atoms with Gasteiger partial charge in [-0.2, -0.15) is 0 Å². The Bertz CT molecular complexity index is 89.0. The lowest BCUT2D eigenvalue weighted by Gasteiger charge is -1.99. The minimum atomic E-state index is 0.578. The third-order valence-corrected chi connectivity index (χ3v) is 2.07. The van der Waals surface area contributed by atoms with Gasteiger partial charge in [-0.3, -0.25) is 0 Å². The molecule has 0 amide bonds. The molecule has 11 heavy (non-hydrogen) atoms. The highest BCUT2D eigenvalue weighted by atomic mass is 16.6. The SMILES string of the molecule is [CH2]CCC.[CH]1CCCC2OC12. The van der Waals surface area contributed by atoms with Crippen molar-refractivity contribution in [2.45, 2.75) is 51.2 Å². The number of hydrogen-bond acceptors (Lipinski definition) is 1. The van der Waals surface area contributed by atoms with Crippen LogP contribution in [0.15, 0.2) is 0 Å². The van der Waals surface area contributed by atoms with Gasteiger partial charge in [-0.25, -0.2) is 0 Å². The molecule has 1 aliphatic carbocycles. The quantitative estimate of drug-likeness (QED) is 0.529. The summed E-state index contributed by atoms with van der Waals surface area (Å²) in [4.78, 5) is 0. The van der Waals surface area contributed by atoms with E-state index in [1.165, 1.54) is 25.7 Å². The van der Waals surface area contributed by atoms with Crippen LogP contribution < -0.4 is 0 Å². The Morgan fingerprint density at radius 2 is 2.36 bits per heavy atom. The smallest absolute Gasteiger partial charge is 0.0873 e. The molecular weight excluding hydrogens is 136 g/mol. The van der Waals surface area contributed by atoms with Crippen molar-refractivity contribution in [3.63, 3.8) is 0 Å². The summed E-state index contributed by atoms with van der Waals surface area (Å²) in [7, 11) is 0. The van der Waals surface area contributed by atoms with Crippen LogP contribution in [-0.4, -0.2) is 12.2 Å². The van der Waals surface area contributed by atoms with Gasteiger partial charge in [0.2, 0.25) is 0 Å². The minimum absolute atomic E-state index is 0.578. The number of rotatable bonds is 1. The van der Waals surface area contributed by atoms with E-state index in [4.69, 9.17) is 4.74 Å². The lowest BCUT2D eigenvalue weighted by Crippen LogP contribution is -2.01. The van der Waals surface area contributed by atoms with Gasteiger partial charge < -0.3 is 4.74 Å². The van der Waals surface area contributed by atoms with E-state index in [0.29, 0.717) is 12.2 Å². The standard InChI is InChI=1S/C6H9O.C4H9/c1-2-4-6-5(3-1)7-6;1-3-4-2/h3,5-6H,1-2,4H2;1,3-4H2,2H3. The average molecular weight is 154 g/mol. The van der Waals surface area contributed by atoms with Crippen LogP contribution in [0.4, 0.5) is 0 Å². The van der Waals surface area contributed by atoms with E-state index in [9.17, 15) is 0 Å². The van der Waals surface area contributed by atoms with Gasteiger partial charge in [0.25, 0.3) is 0 Å². The summed E-state index contributed by atoms with van der Waals surface area (Å²) in [5.74, 6) is 0. The van der Waals surface area contributed by atoms with E-state index in [0.717, 1.165) is 6.42 Å². The van der Waals surface area contributed by atoms with Gasteiger partial charge in [0, 0.05) is 0 Å². The Balaban J connectivity index is 0.000000134. The zero-order valence-electron chi connectivity index (χ0n) is 7.38. The molecule has 0 N–H and O–H groups in total. The average Bonchev–Trinajstić information content (AvgIpc) is 2.83. The summed E-state index contributed by atoms with van der Waals surface area (Å²) in [5, 5.41) is 0. The number of epoxide rings is 1. The molecule has 0 bridgehead atoms. The van der Waals surface area contributed by atoms with E-state index in [1.54, 1.807) is 0 Å². The summed E-state index contributed by atoms with van der Waals surface area (Å²) in [6.07, 6.45) is 9.72. The summed E-state index contributed by atoms with van der Waals surface area (Å²) in [6, 6.07) is 0. The fraction of sp³-hybridized carbons (Fsp3) is 0.800. The Labute approximate surface area is 70.1 Å². The van der Waals surface area contributed by atoms with Crippen molar-refractivity contribution in [3.05, 3.63) is 13.3 Å². The van der Waals surface area contributed by atoms with Crippen LogP contribution in [0.25, 0.3) is 0 Å². The zero-order chi connectivity index (χ0) is 8.10. The molecule has 2 radical (unpaired) electrons. The normalized spacial score (nSPS) is 33.3. The Morgan fingerprint density at radius 3 is 2.73 bits per heavy atom. The maximum atomic E-state index is 5.22. The maximum Gasteiger partial charge on any atom is 0.0873 e. The Hall–Kier alpha value is -0.0400. The van der Waals surface area contributed by atoms with Gasteiger partial charge in [-0.15, -0.1) is 0 Å². The molecule has 64 valence electrons. The first-order valence-corrected chi connectivity index (χ1v) is 4.66. The van der Waals surface area contributed by atoms with E-state index in [2.05, 4.69) is 20.3 Å². The number of ether oxygens (including phenoxy) is 1. The van der Waals surface area contributed by atoms with Gasteiger partial charge in [0.1, 0.15) is 0 Å². The van der Waals surface area contributed by atoms with Crippen molar-refractivity contribution in [2.24, 2.45) is 0 Å². The molecule has 1 heteroatoms. The van der Waals surface area contributed by atoms with Gasteiger partial charge in [-0.1, -0.05) is 33.1 Å². The Kier molecular flexibility index (Phi) is 3.92. The second kappa shape index (κ2) is 4.76. The molecule has 2 unspecified atom stereocenters. The van der Waals surface area contributed by atoms with E-state index >= 15 is 0 Å². The van der Waals surface area contributed by atoms with Crippen LogP contribution in [0.1, 0.15) is 39.0 Å². The summed E-state index contributed by atoms with van der Waals surface area (Å²) in [6.45, 7) is 5.72. The lowest BCUT2D eigenvalue weighted by atomic mass is 10.0. The molecule has 2 fully saturated rings. The second-order valence-electron chi connectivity index (χ2n) is 3.16. The van der Waals surface area contributed by atoms with Crippen molar-refractivity contribution in [2.75, 3.05) is 0 Å². The first-order chi connectivity index (χ1) is 5.38. The molecule has 0 aromatic heterocycles. The molecule has 2 atom stereocenters. The van der Waals surface area contributed by atoms with Crippen LogP contribution >= 0.6 is 0 Å². The minimum Gasteiger partial charge on any atom is -0.369 e. The number of fused-ring (bicyclic) bond motifs is 1. The fourth-order valence-electron chi connectivity index (χ4n) is 1.20. The Morgan fingerprint density at radius 1 is 1.64 bits per heavy atom. The number of hydrogen-bond donors (Lipinski definition) is 0. The van der Waals surface area contributed by atoms with E-state index < -0.39 is 0 Å². The van der Waals surface area contributed by atoms with Crippen LogP contribution in [0.5, 0.6) is 0 Å². The topological polar surface area (TPSA) is 12.5 Å². The molecule has 1 saturated heterocycles. The predicted octanol–water partition coefficient (Wildman–Crippen LogP) is 2.76. The van der Waals surface area contributed by atoms with Crippen molar-refractivity contribution in [3.8, 4) is 0 Å². The summed E-state index contributed by atoms with van der Waals surface area (Å²) < 4.78 is 5.22. The molecular formula is C10H18O. The lowest BCUT2D eigenvalue weighted by molar-refractivity contribution is 0.384. The second-order valence-corrected chi connectivity index (χ2v) is 3.16. The first-order valence-electron chi connectivity index (χ1n) is 4.66. The molecule has 0 aromatic rings. The van der Waals surface area contributed by atoms with Crippen molar-refractivity contribution in [1.82, 2.24) is 0 Å². The molecule has 1 saturated carbocycles. The molecule has 2 aliphatic rings. The van der Waals surface area contributed by atoms with Crippen molar-refractivity contribution >= 4 is 0 Å². The number of unbranched alkanes of at least 4 members (excludes halogenated alkanes) is 1. The van der Waals surface area contributed by atoms with Crippen molar-refractivity contribution < 1.29 is 4.74 Å². The van der Waals surface area contributed by atoms with Crippen LogP contribution in [0.3, 0.4) is 0 Å². The third-order valence-electron chi connectivity index (χ3n) is 2.07. The highest BCUT2D eigenvalue weighted by molar-refractivity contribution is 4.99. The molecule has 2 rings (SSSR count). The zero-order valence-corrected chi connectivity index (χ0v) is 7.38. The van der Waals surface area contributed by atoms with Gasteiger partial charge in [0.05, 0.1) is 12.2 Å².